The highest BCUT2D eigenvalue weighted by Gasteiger charge is 2.39. The van der Waals surface area contributed by atoms with Gasteiger partial charge in [-0.2, -0.15) is 0 Å². The van der Waals surface area contributed by atoms with E-state index in [1.807, 2.05) is 37.4 Å². The average molecular weight is 324 g/mol. The van der Waals surface area contributed by atoms with Crippen molar-refractivity contribution in [3.8, 4) is 0 Å². The van der Waals surface area contributed by atoms with E-state index >= 15 is 0 Å². The lowest BCUT2D eigenvalue weighted by atomic mass is 9.78. The summed E-state index contributed by atoms with van der Waals surface area (Å²) in [5.41, 5.74) is 7.20. The van der Waals surface area contributed by atoms with E-state index in [2.05, 4.69) is 4.90 Å². The fourth-order valence-corrected chi connectivity index (χ4v) is 3.83. The standard InChI is InChI=1S/C17H25N3O.ClH/c1-19(14-7-3-2-4-8-14)17(21)12-20-10-13-6-5-9-16(18)15(13)11-20;/h2-4,7-8,13,15-16H,5-6,9-12,18H2,1H3;1H. The fourth-order valence-electron chi connectivity index (χ4n) is 3.83. The lowest BCUT2D eigenvalue weighted by molar-refractivity contribution is -0.119. The SMILES string of the molecule is CN(C(=O)CN1CC2CCCC(N)C2C1)c1ccccc1.Cl. The molecule has 4 nitrogen and oxygen atoms in total. The van der Waals surface area contributed by atoms with Crippen molar-refractivity contribution in [2.45, 2.75) is 25.3 Å². The molecular weight excluding hydrogens is 298 g/mol. The number of benzene rings is 1. The van der Waals surface area contributed by atoms with Crippen LogP contribution in [-0.2, 0) is 4.79 Å². The summed E-state index contributed by atoms with van der Waals surface area (Å²) in [5.74, 6) is 1.45. The molecule has 1 amide bonds. The second-order valence-electron chi connectivity index (χ2n) is 6.50. The van der Waals surface area contributed by atoms with Crippen LogP contribution in [0.4, 0.5) is 5.69 Å². The van der Waals surface area contributed by atoms with Gasteiger partial charge in [-0.25, -0.2) is 0 Å². The molecular formula is C17H26ClN3O. The van der Waals surface area contributed by atoms with Crippen LogP contribution in [0, 0.1) is 11.8 Å². The van der Waals surface area contributed by atoms with Gasteiger partial charge in [0.1, 0.15) is 0 Å². The van der Waals surface area contributed by atoms with E-state index in [9.17, 15) is 4.79 Å². The first-order chi connectivity index (χ1) is 10.1. The highest BCUT2D eigenvalue weighted by Crippen LogP contribution is 2.35. The van der Waals surface area contributed by atoms with Crippen molar-refractivity contribution in [3.63, 3.8) is 0 Å². The predicted molar refractivity (Wildman–Crippen MR) is 92.3 cm³/mol. The monoisotopic (exact) mass is 323 g/mol. The Hall–Kier alpha value is -1.10. The number of amides is 1. The topological polar surface area (TPSA) is 49.6 Å². The first-order valence-electron chi connectivity index (χ1n) is 7.94. The lowest BCUT2D eigenvalue weighted by Crippen LogP contribution is -2.39. The van der Waals surface area contributed by atoms with Gasteiger partial charge in [0, 0.05) is 31.9 Å². The van der Waals surface area contributed by atoms with Crippen LogP contribution < -0.4 is 10.6 Å². The normalized spacial score (nSPS) is 27.8. The Morgan fingerprint density at radius 3 is 2.68 bits per heavy atom. The summed E-state index contributed by atoms with van der Waals surface area (Å²) in [7, 11) is 1.85. The number of likely N-dealkylation sites (N-methyl/N-ethyl adjacent to an activating group) is 1. The molecule has 1 saturated carbocycles. The van der Waals surface area contributed by atoms with E-state index in [4.69, 9.17) is 5.73 Å². The van der Waals surface area contributed by atoms with E-state index in [-0.39, 0.29) is 18.3 Å². The molecule has 5 heteroatoms. The maximum absolute atomic E-state index is 12.4. The van der Waals surface area contributed by atoms with Gasteiger partial charge in [0.05, 0.1) is 6.54 Å². The Bertz CT molecular complexity index is 496. The third-order valence-corrected chi connectivity index (χ3v) is 5.11. The number of nitrogens with two attached hydrogens (primary N) is 1. The minimum atomic E-state index is 0. The van der Waals surface area contributed by atoms with Gasteiger partial charge < -0.3 is 10.6 Å². The molecule has 0 radical (unpaired) electrons. The lowest BCUT2D eigenvalue weighted by Gasteiger charge is -2.29. The molecule has 1 heterocycles. The van der Waals surface area contributed by atoms with Crippen molar-refractivity contribution in [1.82, 2.24) is 4.90 Å². The number of hydrogen-bond acceptors (Lipinski definition) is 3. The van der Waals surface area contributed by atoms with Crippen LogP contribution in [0.25, 0.3) is 0 Å². The molecule has 3 atom stereocenters. The van der Waals surface area contributed by atoms with Crippen LogP contribution in [0.15, 0.2) is 30.3 Å². The van der Waals surface area contributed by atoms with Crippen molar-refractivity contribution in [3.05, 3.63) is 30.3 Å². The summed E-state index contributed by atoms with van der Waals surface area (Å²) >= 11 is 0. The number of nitrogens with zero attached hydrogens (tertiary/aromatic N) is 2. The summed E-state index contributed by atoms with van der Waals surface area (Å²) < 4.78 is 0. The van der Waals surface area contributed by atoms with E-state index in [1.54, 1.807) is 4.90 Å². The smallest absolute Gasteiger partial charge is 0.240 e. The van der Waals surface area contributed by atoms with E-state index in [0.29, 0.717) is 24.4 Å². The summed E-state index contributed by atoms with van der Waals surface area (Å²) in [6, 6.07) is 10.2. The second-order valence-corrected chi connectivity index (χ2v) is 6.50. The van der Waals surface area contributed by atoms with Crippen molar-refractivity contribution < 1.29 is 4.79 Å². The van der Waals surface area contributed by atoms with Crippen LogP contribution in [0.2, 0.25) is 0 Å². The molecule has 1 aliphatic heterocycles. The van der Waals surface area contributed by atoms with Crippen molar-refractivity contribution in [2.24, 2.45) is 17.6 Å². The zero-order valence-corrected chi connectivity index (χ0v) is 14.0. The van der Waals surface area contributed by atoms with E-state index in [1.165, 1.54) is 12.8 Å². The number of halogens is 1. The molecule has 0 aromatic heterocycles. The Morgan fingerprint density at radius 1 is 1.27 bits per heavy atom. The predicted octanol–water partition coefficient (Wildman–Crippen LogP) is 2.13. The molecule has 1 aromatic rings. The van der Waals surface area contributed by atoms with Gasteiger partial charge >= 0.3 is 0 Å². The highest BCUT2D eigenvalue weighted by atomic mass is 35.5. The van der Waals surface area contributed by atoms with Gasteiger partial charge in [-0.15, -0.1) is 12.4 Å². The van der Waals surface area contributed by atoms with Crippen LogP contribution in [0.1, 0.15) is 19.3 Å². The second kappa shape index (κ2) is 7.44. The number of hydrogen-bond donors (Lipinski definition) is 1. The molecule has 1 aliphatic carbocycles. The van der Waals surface area contributed by atoms with Gasteiger partial charge in [-0.05, 0) is 36.8 Å². The number of carbonyl (C=O) groups is 1. The van der Waals surface area contributed by atoms with E-state index < -0.39 is 0 Å². The molecule has 2 fully saturated rings. The molecule has 2 aliphatic rings. The summed E-state index contributed by atoms with van der Waals surface area (Å²) in [6.45, 7) is 2.53. The summed E-state index contributed by atoms with van der Waals surface area (Å²) in [6.07, 6.45) is 3.67. The van der Waals surface area contributed by atoms with Gasteiger partial charge in [0.2, 0.25) is 5.91 Å². The maximum Gasteiger partial charge on any atom is 0.240 e. The molecule has 1 aromatic carbocycles. The summed E-state index contributed by atoms with van der Waals surface area (Å²) in [4.78, 5) is 16.5. The van der Waals surface area contributed by atoms with Crippen LogP contribution in [0.3, 0.4) is 0 Å². The number of likely N-dealkylation sites (tertiary alicyclic amines) is 1. The molecule has 0 bridgehead atoms. The summed E-state index contributed by atoms with van der Waals surface area (Å²) in [5, 5.41) is 0. The van der Waals surface area contributed by atoms with Crippen LogP contribution in [-0.4, -0.2) is 43.5 Å². The number of para-hydroxylation sites is 1. The van der Waals surface area contributed by atoms with Gasteiger partial charge in [0.15, 0.2) is 0 Å². The molecule has 3 rings (SSSR count). The quantitative estimate of drug-likeness (QED) is 0.927. The minimum Gasteiger partial charge on any atom is -0.327 e. The van der Waals surface area contributed by atoms with Gasteiger partial charge in [-0.3, -0.25) is 9.69 Å². The maximum atomic E-state index is 12.4. The van der Waals surface area contributed by atoms with E-state index in [0.717, 1.165) is 25.2 Å². The van der Waals surface area contributed by atoms with Crippen LogP contribution in [0.5, 0.6) is 0 Å². The molecule has 122 valence electrons. The third-order valence-electron chi connectivity index (χ3n) is 5.11. The van der Waals surface area contributed by atoms with Crippen molar-refractivity contribution in [2.75, 3.05) is 31.6 Å². The minimum absolute atomic E-state index is 0. The molecule has 1 saturated heterocycles. The zero-order valence-electron chi connectivity index (χ0n) is 13.1. The zero-order chi connectivity index (χ0) is 14.8. The Balaban J connectivity index is 0.00000176. The van der Waals surface area contributed by atoms with Gasteiger partial charge in [-0.1, -0.05) is 24.6 Å². The number of carbonyl (C=O) groups excluding carboxylic acids is 1. The molecule has 2 N–H and O–H groups in total. The third kappa shape index (κ3) is 3.62. The fraction of sp³-hybridized carbons (Fsp3) is 0.588. The number of fused-ring (bicyclic) bond motifs is 1. The Kier molecular flexibility index (Phi) is 5.84. The molecule has 3 unspecified atom stereocenters. The number of anilines is 1. The molecule has 22 heavy (non-hydrogen) atoms. The van der Waals surface area contributed by atoms with Gasteiger partial charge in [0.25, 0.3) is 0 Å². The average Bonchev–Trinajstić information content (AvgIpc) is 2.91. The van der Waals surface area contributed by atoms with Crippen molar-refractivity contribution >= 4 is 24.0 Å². The highest BCUT2D eigenvalue weighted by molar-refractivity contribution is 5.94. The van der Waals surface area contributed by atoms with Crippen molar-refractivity contribution in [1.29, 1.82) is 0 Å². The molecule has 0 spiro atoms. The van der Waals surface area contributed by atoms with Crippen LogP contribution >= 0.6 is 12.4 Å². The Morgan fingerprint density at radius 2 is 2.00 bits per heavy atom. The number of rotatable bonds is 3. The Labute approximate surface area is 139 Å². The first kappa shape index (κ1) is 17.3. The first-order valence-corrected chi connectivity index (χ1v) is 7.94. The largest absolute Gasteiger partial charge is 0.327 e.